The molecule has 2 aliphatic rings. The van der Waals surface area contributed by atoms with Crippen molar-refractivity contribution in [2.75, 3.05) is 13.2 Å². The Morgan fingerprint density at radius 2 is 1.45 bits per heavy atom. The van der Waals surface area contributed by atoms with Gasteiger partial charge in [0.25, 0.3) is 0 Å². The van der Waals surface area contributed by atoms with E-state index < -0.39 is 0 Å². The van der Waals surface area contributed by atoms with E-state index in [2.05, 4.69) is 12.2 Å². The summed E-state index contributed by atoms with van der Waals surface area (Å²) >= 11 is 0. The highest BCUT2D eigenvalue weighted by Crippen LogP contribution is 2.47. The van der Waals surface area contributed by atoms with Gasteiger partial charge in [-0.05, 0) is 30.1 Å². The molecular weight excluding hydrogens is 140 g/mol. The van der Waals surface area contributed by atoms with E-state index in [1.54, 1.807) is 0 Å². The van der Waals surface area contributed by atoms with Crippen LogP contribution in [0.3, 0.4) is 0 Å². The van der Waals surface area contributed by atoms with Gasteiger partial charge in [-0.15, -0.1) is 0 Å². The summed E-state index contributed by atoms with van der Waals surface area (Å²) in [5, 5.41) is 18.1. The molecule has 0 radical (unpaired) electrons. The van der Waals surface area contributed by atoms with Crippen LogP contribution in [0.2, 0.25) is 0 Å². The van der Waals surface area contributed by atoms with Crippen LogP contribution in [0.4, 0.5) is 0 Å². The van der Waals surface area contributed by atoms with Crippen molar-refractivity contribution in [1.29, 1.82) is 0 Å². The molecule has 2 rings (SSSR count). The number of hydrogen-bond acceptors (Lipinski definition) is 2. The van der Waals surface area contributed by atoms with Crippen molar-refractivity contribution in [2.45, 2.75) is 6.42 Å². The monoisotopic (exact) mass is 154 g/mol. The van der Waals surface area contributed by atoms with Crippen LogP contribution in [-0.2, 0) is 0 Å². The standard InChI is InChI=1S/C9H14O2/c10-4-8-6-1-2-7(3-6)9(8)5-11/h1-2,6-11H,3-5H2/t6-,7?,8-,9+/m0/s1. The number of aliphatic hydroxyl groups is 2. The van der Waals surface area contributed by atoms with Crippen LogP contribution < -0.4 is 0 Å². The molecule has 4 atom stereocenters. The smallest absolute Gasteiger partial charge is 0.0468 e. The van der Waals surface area contributed by atoms with Crippen LogP contribution in [0, 0.1) is 23.7 Å². The molecule has 2 heteroatoms. The minimum Gasteiger partial charge on any atom is -0.396 e. The van der Waals surface area contributed by atoms with E-state index in [4.69, 9.17) is 10.2 Å². The second kappa shape index (κ2) is 2.61. The van der Waals surface area contributed by atoms with Crippen molar-refractivity contribution < 1.29 is 10.2 Å². The van der Waals surface area contributed by atoms with Crippen LogP contribution in [0.25, 0.3) is 0 Å². The molecule has 0 spiro atoms. The van der Waals surface area contributed by atoms with Gasteiger partial charge in [0.2, 0.25) is 0 Å². The maximum Gasteiger partial charge on any atom is 0.0468 e. The predicted octanol–water partition coefficient (Wildman–Crippen LogP) is 0.409. The molecule has 2 bridgehead atoms. The van der Waals surface area contributed by atoms with Gasteiger partial charge >= 0.3 is 0 Å². The number of fused-ring (bicyclic) bond motifs is 2. The third kappa shape index (κ3) is 0.932. The number of hydrogen-bond donors (Lipinski definition) is 2. The van der Waals surface area contributed by atoms with Gasteiger partial charge in [-0.3, -0.25) is 0 Å². The SMILES string of the molecule is OC[C@@H]1[C@H](CO)C2C=C[C@H]1C2. The Morgan fingerprint density at radius 3 is 1.82 bits per heavy atom. The molecule has 0 aromatic heterocycles. The van der Waals surface area contributed by atoms with Crippen molar-refractivity contribution in [2.24, 2.45) is 23.7 Å². The lowest BCUT2D eigenvalue weighted by atomic mass is 9.84. The van der Waals surface area contributed by atoms with E-state index in [1.807, 2.05) is 0 Å². The number of rotatable bonds is 2. The molecule has 0 heterocycles. The minimum atomic E-state index is 0.233. The summed E-state index contributed by atoms with van der Waals surface area (Å²) in [5.74, 6) is 1.74. The molecule has 0 aromatic carbocycles. The average molecular weight is 154 g/mol. The van der Waals surface area contributed by atoms with Crippen molar-refractivity contribution >= 4 is 0 Å². The van der Waals surface area contributed by atoms with Gasteiger partial charge in [0, 0.05) is 13.2 Å². The summed E-state index contributed by atoms with van der Waals surface area (Å²) < 4.78 is 0. The maximum absolute atomic E-state index is 9.04. The molecule has 0 aromatic rings. The van der Waals surface area contributed by atoms with E-state index in [9.17, 15) is 0 Å². The summed E-state index contributed by atoms with van der Waals surface area (Å²) in [6.07, 6.45) is 5.53. The van der Waals surface area contributed by atoms with Crippen molar-refractivity contribution in [3.05, 3.63) is 12.2 Å². The quantitative estimate of drug-likeness (QED) is 0.565. The van der Waals surface area contributed by atoms with Crippen LogP contribution in [0.5, 0.6) is 0 Å². The van der Waals surface area contributed by atoms with E-state index in [1.165, 1.54) is 0 Å². The van der Waals surface area contributed by atoms with Crippen molar-refractivity contribution in [3.63, 3.8) is 0 Å². The highest BCUT2D eigenvalue weighted by Gasteiger charge is 2.43. The van der Waals surface area contributed by atoms with Gasteiger partial charge in [-0.2, -0.15) is 0 Å². The maximum atomic E-state index is 9.04. The number of allylic oxidation sites excluding steroid dienone is 2. The molecule has 1 fully saturated rings. The Balaban J connectivity index is 2.15. The van der Waals surface area contributed by atoms with Gasteiger partial charge in [0.15, 0.2) is 0 Å². The van der Waals surface area contributed by atoms with Gasteiger partial charge in [0.1, 0.15) is 0 Å². The summed E-state index contributed by atoms with van der Waals surface area (Å²) in [4.78, 5) is 0. The normalized spacial score (nSPS) is 47.1. The molecule has 11 heavy (non-hydrogen) atoms. The van der Waals surface area contributed by atoms with Crippen LogP contribution >= 0.6 is 0 Å². The molecule has 0 saturated heterocycles. The lowest BCUT2D eigenvalue weighted by Gasteiger charge is -2.23. The Hall–Kier alpha value is -0.340. The first-order valence-corrected chi connectivity index (χ1v) is 4.27. The van der Waals surface area contributed by atoms with E-state index in [-0.39, 0.29) is 13.2 Å². The zero-order valence-electron chi connectivity index (χ0n) is 6.48. The summed E-state index contributed by atoms with van der Waals surface area (Å²) in [6, 6.07) is 0. The average Bonchev–Trinajstić information content (AvgIpc) is 2.60. The van der Waals surface area contributed by atoms with Gasteiger partial charge < -0.3 is 10.2 Å². The van der Waals surface area contributed by atoms with E-state index in [0.29, 0.717) is 23.7 Å². The minimum absolute atomic E-state index is 0.233. The lowest BCUT2D eigenvalue weighted by molar-refractivity contribution is 0.112. The zero-order valence-corrected chi connectivity index (χ0v) is 6.48. The molecule has 2 aliphatic carbocycles. The van der Waals surface area contributed by atoms with Crippen molar-refractivity contribution in [1.82, 2.24) is 0 Å². The summed E-state index contributed by atoms with van der Waals surface area (Å²) in [6.45, 7) is 0.466. The molecule has 1 saturated carbocycles. The van der Waals surface area contributed by atoms with Crippen LogP contribution in [0.1, 0.15) is 6.42 Å². The molecular formula is C9H14O2. The fourth-order valence-corrected chi connectivity index (χ4v) is 2.57. The second-order valence-corrected chi connectivity index (χ2v) is 3.64. The Labute approximate surface area is 66.5 Å². The van der Waals surface area contributed by atoms with Gasteiger partial charge in [0.05, 0.1) is 0 Å². The van der Waals surface area contributed by atoms with Gasteiger partial charge in [-0.25, -0.2) is 0 Å². The highest BCUT2D eigenvalue weighted by molar-refractivity contribution is 5.13. The van der Waals surface area contributed by atoms with Crippen LogP contribution in [0.15, 0.2) is 12.2 Å². The predicted molar refractivity (Wildman–Crippen MR) is 41.9 cm³/mol. The fourth-order valence-electron chi connectivity index (χ4n) is 2.57. The largest absolute Gasteiger partial charge is 0.396 e. The van der Waals surface area contributed by atoms with Crippen molar-refractivity contribution in [3.8, 4) is 0 Å². The molecule has 2 nitrogen and oxygen atoms in total. The molecule has 62 valence electrons. The first kappa shape index (κ1) is 7.32. The highest BCUT2D eigenvalue weighted by atomic mass is 16.3. The van der Waals surface area contributed by atoms with E-state index >= 15 is 0 Å². The van der Waals surface area contributed by atoms with Crippen LogP contribution in [-0.4, -0.2) is 23.4 Å². The van der Waals surface area contributed by atoms with E-state index in [0.717, 1.165) is 6.42 Å². The van der Waals surface area contributed by atoms with Gasteiger partial charge in [-0.1, -0.05) is 12.2 Å². The first-order chi connectivity index (χ1) is 5.36. The first-order valence-electron chi connectivity index (χ1n) is 4.27. The molecule has 2 N–H and O–H groups in total. The summed E-state index contributed by atoms with van der Waals surface area (Å²) in [5.41, 5.74) is 0. The summed E-state index contributed by atoms with van der Waals surface area (Å²) in [7, 11) is 0. The number of aliphatic hydroxyl groups excluding tert-OH is 2. The zero-order chi connectivity index (χ0) is 7.84. The Morgan fingerprint density at radius 1 is 1.00 bits per heavy atom. The third-order valence-corrected chi connectivity index (χ3v) is 3.22. The second-order valence-electron chi connectivity index (χ2n) is 3.64. The molecule has 0 amide bonds. The third-order valence-electron chi connectivity index (χ3n) is 3.22. The molecule has 0 aliphatic heterocycles. The Bertz CT molecular complexity index is 158. The fraction of sp³-hybridized carbons (Fsp3) is 0.778. The topological polar surface area (TPSA) is 40.5 Å². The molecule has 1 unspecified atom stereocenters. The Kier molecular flexibility index (Phi) is 1.74. The lowest BCUT2D eigenvalue weighted by Crippen LogP contribution is -2.25.